The van der Waals surface area contributed by atoms with Crippen LogP contribution in [-0.2, 0) is 4.79 Å². The summed E-state index contributed by atoms with van der Waals surface area (Å²) in [6.45, 7) is 1.91. The van der Waals surface area contributed by atoms with Gasteiger partial charge in [0.2, 0.25) is 5.13 Å². The highest BCUT2D eigenvalue weighted by atomic mass is 32.1. The predicted molar refractivity (Wildman–Crippen MR) is 88.4 cm³/mol. The van der Waals surface area contributed by atoms with Gasteiger partial charge in [-0.3, -0.25) is 15.1 Å². The molecule has 3 aromatic rings. The highest BCUT2D eigenvalue weighted by molar-refractivity contribution is 7.18. The minimum atomic E-state index is -0.278. The van der Waals surface area contributed by atoms with E-state index in [1.54, 1.807) is 12.4 Å². The van der Waals surface area contributed by atoms with Crippen LogP contribution in [0.5, 0.6) is 5.75 Å². The minimum absolute atomic E-state index is 0.0785. The first-order valence-corrected chi connectivity index (χ1v) is 7.75. The van der Waals surface area contributed by atoms with E-state index in [-0.39, 0.29) is 12.5 Å². The van der Waals surface area contributed by atoms with Gasteiger partial charge in [-0.05, 0) is 31.2 Å². The molecule has 0 aliphatic heterocycles. The normalized spacial score (nSPS) is 10.3. The largest absolute Gasteiger partial charge is 0.484 e. The van der Waals surface area contributed by atoms with Crippen molar-refractivity contribution in [3.8, 4) is 16.3 Å². The number of benzene rings is 1. The van der Waals surface area contributed by atoms with E-state index < -0.39 is 0 Å². The molecule has 0 atom stereocenters. The molecule has 0 aliphatic carbocycles. The van der Waals surface area contributed by atoms with E-state index in [0.717, 1.165) is 11.1 Å². The number of hydrogen-bond donors (Lipinski definition) is 1. The van der Waals surface area contributed by atoms with E-state index in [1.165, 1.54) is 11.3 Å². The molecule has 23 heavy (non-hydrogen) atoms. The molecule has 116 valence electrons. The average Bonchev–Trinajstić information content (AvgIpc) is 3.04. The number of ether oxygens (including phenoxy) is 1. The number of amides is 1. The highest BCUT2D eigenvalue weighted by Crippen LogP contribution is 2.25. The number of rotatable bonds is 5. The fourth-order valence-electron chi connectivity index (χ4n) is 1.82. The van der Waals surface area contributed by atoms with Gasteiger partial charge in [-0.1, -0.05) is 29.0 Å². The summed E-state index contributed by atoms with van der Waals surface area (Å²) in [6, 6.07) is 11.2. The summed E-state index contributed by atoms with van der Waals surface area (Å²) in [5.74, 6) is 0.374. The van der Waals surface area contributed by atoms with Gasteiger partial charge in [-0.25, -0.2) is 0 Å². The minimum Gasteiger partial charge on any atom is -0.484 e. The van der Waals surface area contributed by atoms with Gasteiger partial charge in [-0.15, -0.1) is 10.2 Å². The Labute approximate surface area is 137 Å². The molecule has 0 radical (unpaired) electrons. The molecule has 0 bridgehead atoms. The van der Waals surface area contributed by atoms with Crippen LogP contribution in [0.3, 0.4) is 0 Å². The summed E-state index contributed by atoms with van der Waals surface area (Å²) < 4.78 is 5.42. The smallest absolute Gasteiger partial charge is 0.264 e. The zero-order valence-corrected chi connectivity index (χ0v) is 13.2. The van der Waals surface area contributed by atoms with Crippen molar-refractivity contribution in [3.05, 3.63) is 54.4 Å². The molecule has 0 saturated heterocycles. The topological polar surface area (TPSA) is 77.0 Å². The molecule has 1 aromatic carbocycles. The lowest BCUT2D eigenvalue weighted by Crippen LogP contribution is -2.20. The summed E-state index contributed by atoms with van der Waals surface area (Å²) in [7, 11) is 0. The summed E-state index contributed by atoms with van der Waals surface area (Å²) in [5, 5.41) is 11.8. The van der Waals surface area contributed by atoms with E-state index in [4.69, 9.17) is 4.74 Å². The number of anilines is 1. The molecule has 2 heterocycles. The zero-order valence-electron chi connectivity index (χ0n) is 12.4. The summed E-state index contributed by atoms with van der Waals surface area (Å²) >= 11 is 1.29. The Morgan fingerprint density at radius 2 is 2.04 bits per heavy atom. The second-order valence-corrected chi connectivity index (χ2v) is 5.78. The van der Waals surface area contributed by atoms with Crippen LogP contribution < -0.4 is 10.1 Å². The van der Waals surface area contributed by atoms with Gasteiger partial charge in [0.25, 0.3) is 5.91 Å². The molecule has 7 heteroatoms. The van der Waals surface area contributed by atoms with Gasteiger partial charge in [0.05, 0.1) is 0 Å². The van der Waals surface area contributed by atoms with Crippen LogP contribution in [0.15, 0.2) is 48.8 Å². The van der Waals surface area contributed by atoms with E-state index in [1.807, 2.05) is 43.3 Å². The number of hydrogen-bond acceptors (Lipinski definition) is 6. The number of nitrogens with one attached hydrogen (secondary N) is 1. The third kappa shape index (κ3) is 4.10. The zero-order chi connectivity index (χ0) is 16.1. The number of aromatic nitrogens is 3. The van der Waals surface area contributed by atoms with Gasteiger partial charge in [0.1, 0.15) is 5.75 Å². The fourth-order valence-corrected chi connectivity index (χ4v) is 2.57. The molecule has 0 fully saturated rings. The van der Waals surface area contributed by atoms with Crippen molar-refractivity contribution in [1.82, 2.24) is 15.2 Å². The van der Waals surface area contributed by atoms with Crippen molar-refractivity contribution in [2.75, 3.05) is 11.9 Å². The number of pyridine rings is 1. The molecular weight excluding hydrogens is 312 g/mol. The van der Waals surface area contributed by atoms with E-state index in [0.29, 0.717) is 15.9 Å². The number of carbonyl (C=O) groups excluding carboxylic acids is 1. The molecule has 0 spiro atoms. The molecule has 6 nitrogen and oxygen atoms in total. The van der Waals surface area contributed by atoms with Crippen LogP contribution in [0.1, 0.15) is 5.56 Å². The van der Waals surface area contributed by atoms with Crippen molar-refractivity contribution < 1.29 is 9.53 Å². The molecular formula is C16H14N4O2S. The maximum absolute atomic E-state index is 11.9. The first kappa shape index (κ1) is 15.1. The van der Waals surface area contributed by atoms with Crippen molar-refractivity contribution in [3.63, 3.8) is 0 Å². The van der Waals surface area contributed by atoms with Crippen molar-refractivity contribution in [2.24, 2.45) is 0 Å². The summed E-state index contributed by atoms with van der Waals surface area (Å²) in [4.78, 5) is 15.9. The summed E-state index contributed by atoms with van der Waals surface area (Å²) in [5.41, 5.74) is 2.00. The lowest BCUT2D eigenvalue weighted by Gasteiger charge is -2.05. The van der Waals surface area contributed by atoms with Crippen molar-refractivity contribution >= 4 is 22.4 Å². The molecule has 3 rings (SSSR count). The van der Waals surface area contributed by atoms with Crippen LogP contribution in [0, 0.1) is 6.92 Å². The average molecular weight is 326 g/mol. The van der Waals surface area contributed by atoms with E-state index >= 15 is 0 Å². The van der Waals surface area contributed by atoms with Crippen LogP contribution in [0.4, 0.5) is 5.13 Å². The fraction of sp³-hybridized carbons (Fsp3) is 0.125. The highest BCUT2D eigenvalue weighted by Gasteiger charge is 2.10. The third-order valence-electron chi connectivity index (χ3n) is 2.97. The van der Waals surface area contributed by atoms with Gasteiger partial charge in [-0.2, -0.15) is 0 Å². The third-order valence-corrected chi connectivity index (χ3v) is 3.86. The Hall–Kier alpha value is -2.80. The van der Waals surface area contributed by atoms with Gasteiger partial charge >= 0.3 is 0 Å². The van der Waals surface area contributed by atoms with Crippen molar-refractivity contribution in [2.45, 2.75) is 6.92 Å². The second kappa shape index (κ2) is 6.97. The van der Waals surface area contributed by atoms with Crippen molar-refractivity contribution in [1.29, 1.82) is 0 Å². The molecule has 0 aliphatic rings. The van der Waals surface area contributed by atoms with E-state index in [9.17, 15) is 4.79 Å². The lowest BCUT2D eigenvalue weighted by molar-refractivity contribution is -0.118. The Morgan fingerprint density at radius 1 is 1.22 bits per heavy atom. The molecule has 2 aromatic heterocycles. The maximum Gasteiger partial charge on any atom is 0.264 e. The van der Waals surface area contributed by atoms with Gasteiger partial charge < -0.3 is 4.74 Å². The quantitative estimate of drug-likeness (QED) is 0.780. The standard InChI is InChI=1S/C16H14N4O2S/c1-11-4-6-13(7-5-11)22-10-14(21)18-16-20-19-15(23-16)12-3-2-8-17-9-12/h2-9H,10H2,1H3,(H,18,20,21). The van der Waals surface area contributed by atoms with Crippen LogP contribution in [0.25, 0.3) is 10.6 Å². The monoisotopic (exact) mass is 326 g/mol. The van der Waals surface area contributed by atoms with Crippen LogP contribution in [-0.4, -0.2) is 27.7 Å². The second-order valence-electron chi connectivity index (χ2n) is 4.80. The number of nitrogens with zero attached hydrogens (tertiary/aromatic N) is 3. The molecule has 1 amide bonds. The molecule has 0 unspecified atom stereocenters. The Bertz CT molecular complexity index is 787. The Balaban J connectivity index is 1.56. The number of carbonyl (C=O) groups is 1. The van der Waals surface area contributed by atoms with Crippen LogP contribution >= 0.6 is 11.3 Å². The van der Waals surface area contributed by atoms with E-state index in [2.05, 4.69) is 20.5 Å². The molecule has 1 N–H and O–H groups in total. The lowest BCUT2D eigenvalue weighted by atomic mass is 10.2. The summed E-state index contributed by atoms with van der Waals surface area (Å²) in [6.07, 6.45) is 3.39. The van der Waals surface area contributed by atoms with Gasteiger partial charge in [0.15, 0.2) is 11.6 Å². The first-order chi connectivity index (χ1) is 11.2. The van der Waals surface area contributed by atoms with Gasteiger partial charge in [0, 0.05) is 18.0 Å². The van der Waals surface area contributed by atoms with Crippen LogP contribution in [0.2, 0.25) is 0 Å². The Morgan fingerprint density at radius 3 is 2.78 bits per heavy atom. The number of aryl methyl sites for hydroxylation is 1. The first-order valence-electron chi connectivity index (χ1n) is 6.94. The Kier molecular flexibility index (Phi) is 4.58. The predicted octanol–water partition coefficient (Wildman–Crippen LogP) is 2.93. The SMILES string of the molecule is Cc1ccc(OCC(=O)Nc2nnc(-c3cccnc3)s2)cc1. The molecule has 0 saturated carbocycles. The maximum atomic E-state index is 11.9.